The van der Waals surface area contributed by atoms with Crippen molar-refractivity contribution in [3.05, 3.63) is 18.7 Å². The summed E-state index contributed by atoms with van der Waals surface area (Å²) < 4.78 is 1.34. The minimum atomic E-state index is -0.965. The second kappa shape index (κ2) is 3.56. The van der Waals surface area contributed by atoms with E-state index in [1.165, 1.54) is 22.0 Å². The molecule has 1 unspecified atom stereocenters. The molecule has 94 valence electrons. The Morgan fingerprint density at radius 3 is 2.89 bits per heavy atom. The van der Waals surface area contributed by atoms with Crippen LogP contribution in [-0.4, -0.2) is 51.0 Å². The molecule has 2 aliphatic rings. The molecule has 1 atom stereocenters. The SMILES string of the molecule is O=C1NC(=O)C2(CCN(C(=O)n3ccnc3)C2)N1. The van der Waals surface area contributed by atoms with Gasteiger partial charge in [0.15, 0.2) is 0 Å². The molecule has 4 amide bonds. The zero-order chi connectivity index (χ0) is 12.8. The van der Waals surface area contributed by atoms with Crippen LogP contribution < -0.4 is 10.6 Å². The molecule has 0 bridgehead atoms. The summed E-state index contributed by atoms with van der Waals surface area (Å²) in [6.45, 7) is 0.603. The molecule has 2 saturated heterocycles. The van der Waals surface area contributed by atoms with Crippen LogP contribution in [0.3, 0.4) is 0 Å². The van der Waals surface area contributed by atoms with Crippen molar-refractivity contribution in [2.24, 2.45) is 0 Å². The lowest BCUT2D eigenvalue weighted by Gasteiger charge is -2.20. The molecule has 18 heavy (non-hydrogen) atoms. The van der Waals surface area contributed by atoms with Crippen molar-refractivity contribution in [2.45, 2.75) is 12.0 Å². The van der Waals surface area contributed by atoms with Gasteiger partial charge in [0, 0.05) is 18.9 Å². The van der Waals surface area contributed by atoms with E-state index >= 15 is 0 Å². The average molecular weight is 249 g/mol. The van der Waals surface area contributed by atoms with E-state index in [1.807, 2.05) is 0 Å². The monoisotopic (exact) mass is 249 g/mol. The lowest BCUT2D eigenvalue weighted by atomic mass is 10.00. The number of hydrogen-bond acceptors (Lipinski definition) is 4. The number of rotatable bonds is 0. The summed E-state index contributed by atoms with van der Waals surface area (Å²) in [5.41, 5.74) is -0.965. The number of imide groups is 1. The van der Waals surface area contributed by atoms with Crippen molar-refractivity contribution in [3.8, 4) is 0 Å². The van der Waals surface area contributed by atoms with E-state index in [0.717, 1.165) is 0 Å². The molecule has 3 heterocycles. The van der Waals surface area contributed by atoms with Crippen molar-refractivity contribution in [2.75, 3.05) is 13.1 Å². The van der Waals surface area contributed by atoms with E-state index in [9.17, 15) is 14.4 Å². The third-order valence-corrected chi connectivity index (χ3v) is 3.28. The number of nitrogens with one attached hydrogen (secondary N) is 2. The highest BCUT2D eigenvalue weighted by molar-refractivity contribution is 6.07. The van der Waals surface area contributed by atoms with Crippen molar-refractivity contribution >= 4 is 18.0 Å². The van der Waals surface area contributed by atoms with Crippen molar-refractivity contribution in [1.29, 1.82) is 0 Å². The van der Waals surface area contributed by atoms with Crippen LogP contribution in [0.25, 0.3) is 0 Å². The first kappa shape index (κ1) is 10.8. The third-order valence-electron chi connectivity index (χ3n) is 3.28. The number of amides is 4. The number of urea groups is 1. The summed E-state index contributed by atoms with van der Waals surface area (Å²) in [6.07, 6.45) is 4.88. The fraction of sp³-hybridized carbons (Fsp3) is 0.400. The average Bonchev–Trinajstić information content (AvgIpc) is 3.01. The first-order valence-corrected chi connectivity index (χ1v) is 5.52. The molecule has 8 nitrogen and oxygen atoms in total. The number of nitrogens with zero attached hydrogens (tertiary/aromatic N) is 3. The largest absolute Gasteiger partial charge is 0.329 e. The lowest BCUT2D eigenvalue weighted by molar-refractivity contribution is -0.123. The van der Waals surface area contributed by atoms with E-state index in [1.54, 1.807) is 6.20 Å². The minimum absolute atomic E-state index is 0.182. The van der Waals surface area contributed by atoms with Gasteiger partial charge in [-0.1, -0.05) is 0 Å². The van der Waals surface area contributed by atoms with Gasteiger partial charge >= 0.3 is 12.1 Å². The zero-order valence-corrected chi connectivity index (χ0v) is 9.42. The first-order valence-electron chi connectivity index (χ1n) is 5.52. The molecule has 2 fully saturated rings. The van der Waals surface area contributed by atoms with E-state index in [4.69, 9.17) is 0 Å². The third kappa shape index (κ3) is 1.45. The smallest absolute Gasteiger partial charge is 0.321 e. The van der Waals surface area contributed by atoms with Crippen LogP contribution in [0.15, 0.2) is 18.7 Å². The molecule has 1 aromatic rings. The quantitative estimate of drug-likeness (QED) is 0.584. The maximum atomic E-state index is 12.0. The highest BCUT2D eigenvalue weighted by atomic mass is 16.2. The molecule has 0 saturated carbocycles. The van der Waals surface area contributed by atoms with Crippen molar-refractivity contribution in [3.63, 3.8) is 0 Å². The predicted octanol–water partition coefficient (Wildman–Crippen LogP) is -0.865. The Balaban J connectivity index is 1.78. The Morgan fingerprint density at radius 1 is 1.44 bits per heavy atom. The van der Waals surface area contributed by atoms with Gasteiger partial charge in [0.05, 0.1) is 6.54 Å². The maximum Gasteiger partial charge on any atom is 0.329 e. The Hall–Kier alpha value is -2.38. The second-order valence-corrected chi connectivity index (χ2v) is 4.41. The Morgan fingerprint density at radius 2 is 2.28 bits per heavy atom. The van der Waals surface area contributed by atoms with Crippen LogP contribution in [0.1, 0.15) is 6.42 Å². The molecule has 1 aromatic heterocycles. The molecule has 0 radical (unpaired) electrons. The Labute approximate surface area is 102 Å². The van der Waals surface area contributed by atoms with Crippen molar-refractivity contribution in [1.82, 2.24) is 25.1 Å². The van der Waals surface area contributed by atoms with Gasteiger partial charge in [-0.25, -0.2) is 14.6 Å². The summed E-state index contributed by atoms with van der Waals surface area (Å²) >= 11 is 0. The molecular formula is C10H11N5O3. The zero-order valence-electron chi connectivity index (χ0n) is 9.42. The Kier molecular flexibility index (Phi) is 2.12. The molecule has 0 aliphatic carbocycles. The number of likely N-dealkylation sites (tertiary alicyclic amines) is 1. The highest BCUT2D eigenvalue weighted by Gasteiger charge is 2.51. The van der Waals surface area contributed by atoms with Gasteiger partial charge in [0.2, 0.25) is 0 Å². The summed E-state index contributed by atoms with van der Waals surface area (Å²) in [6, 6.07) is -0.754. The summed E-state index contributed by atoms with van der Waals surface area (Å²) in [7, 11) is 0. The topological polar surface area (TPSA) is 96.3 Å². The standard InChI is InChI=1S/C10H11N5O3/c16-7-10(13-8(17)12-7)1-3-14(5-10)9(18)15-4-2-11-6-15/h2,4,6H,1,3,5H2,(H2,12,13,16,17). The van der Waals surface area contributed by atoms with Crippen molar-refractivity contribution < 1.29 is 14.4 Å². The van der Waals surface area contributed by atoms with Crippen LogP contribution in [0.5, 0.6) is 0 Å². The number of imidazole rings is 1. The van der Waals surface area contributed by atoms with Gasteiger partial charge in [-0.15, -0.1) is 0 Å². The second-order valence-electron chi connectivity index (χ2n) is 4.41. The summed E-state index contributed by atoms with van der Waals surface area (Å²) in [4.78, 5) is 40.2. The highest BCUT2D eigenvalue weighted by Crippen LogP contribution is 2.25. The molecular weight excluding hydrogens is 238 g/mol. The van der Waals surface area contributed by atoms with E-state index < -0.39 is 11.6 Å². The van der Waals surface area contributed by atoms with Gasteiger partial charge in [-0.2, -0.15) is 0 Å². The fourth-order valence-corrected chi connectivity index (χ4v) is 2.32. The van der Waals surface area contributed by atoms with Gasteiger partial charge in [0.25, 0.3) is 5.91 Å². The lowest BCUT2D eigenvalue weighted by Crippen LogP contribution is -2.50. The van der Waals surface area contributed by atoms with Crippen LogP contribution in [0, 0.1) is 0 Å². The molecule has 0 aromatic carbocycles. The molecule has 3 rings (SSSR count). The van der Waals surface area contributed by atoms with Crippen LogP contribution >= 0.6 is 0 Å². The van der Waals surface area contributed by atoms with E-state index in [-0.39, 0.29) is 18.5 Å². The van der Waals surface area contributed by atoms with Gasteiger partial charge in [-0.3, -0.25) is 14.7 Å². The Bertz CT molecular complexity index is 526. The fourth-order valence-electron chi connectivity index (χ4n) is 2.32. The summed E-state index contributed by atoms with van der Waals surface area (Å²) in [5, 5.41) is 4.79. The molecule has 1 spiro atoms. The van der Waals surface area contributed by atoms with Gasteiger partial charge in [-0.05, 0) is 6.42 Å². The minimum Gasteiger partial charge on any atom is -0.321 e. The molecule has 2 N–H and O–H groups in total. The van der Waals surface area contributed by atoms with Crippen LogP contribution in [-0.2, 0) is 4.79 Å². The predicted molar refractivity (Wildman–Crippen MR) is 58.6 cm³/mol. The molecule has 8 heteroatoms. The van der Waals surface area contributed by atoms with Gasteiger partial charge in [0.1, 0.15) is 11.9 Å². The number of carbonyl (C=O) groups is 3. The number of aromatic nitrogens is 2. The van der Waals surface area contributed by atoms with Crippen LogP contribution in [0.2, 0.25) is 0 Å². The maximum absolute atomic E-state index is 12.0. The van der Waals surface area contributed by atoms with Crippen LogP contribution in [0.4, 0.5) is 9.59 Å². The van der Waals surface area contributed by atoms with E-state index in [2.05, 4.69) is 15.6 Å². The normalized spacial score (nSPS) is 26.6. The van der Waals surface area contributed by atoms with Gasteiger partial charge < -0.3 is 10.2 Å². The summed E-state index contributed by atoms with van der Waals surface area (Å²) in [5.74, 6) is -0.367. The molecule has 2 aliphatic heterocycles. The number of carbonyl (C=O) groups excluding carboxylic acids is 3. The number of hydrogen-bond donors (Lipinski definition) is 2. The van der Waals surface area contributed by atoms with E-state index in [0.29, 0.717) is 13.0 Å². The first-order chi connectivity index (χ1) is 8.61.